The molecule has 3 aliphatic rings. The first-order valence-electron chi connectivity index (χ1n) is 15.3. The van der Waals surface area contributed by atoms with Crippen LogP contribution in [0.3, 0.4) is 0 Å². The van der Waals surface area contributed by atoms with Crippen LogP contribution in [0.5, 0.6) is 5.88 Å². The zero-order valence-electron chi connectivity index (χ0n) is 24.0. The van der Waals surface area contributed by atoms with Crippen LogP contribution in [0.4, 0.5) is 0 Å². The van der Waals surface area contributed by atoms with Gasteiger partial charge in [0.1, 0.15) is 0 Å². The third-order valence-electron chi connectivity index (χ3n) is 11.6. The summed E-state index contributed by atoms with van der Waals surface area (Å²) in [4.78, 5) is 21.1. The second-order valence-electron chi connectivity index (χ2n) is 13.0. The standard InChI is InChI=1S/C32H52N2O2/c1-7-31(5,8-2)23-15-11-13-21(14-12-16-23)27-25-26(30(36)33-27)28(34-29(25)35)22-17-19-24(20-18-22)32(6,9-3)10-4/h21-24,33,36H,7-20H2,1-6H3. The van der Waals surface area contributed by atoms with E-state index in [1.54, 1.807) is 0 Å². The van der Waals surface area contributed by atoms with Crippen molar-refractivity contribution in [1.82, 2.24) is 4.98 Å². The van der Waals surface area contributed by atoms with Crippen LogP contribution in [0, 0.1) is 28.6 Å². The quantitative estimate of drug-likeness (QED) is 0.377. The number of fused-ring (bicyclic) bond motifs is 1. The average molecular weight is 497 g/mol. The molecule has 36 heavy (non-hydrogen) atoms. The fourth-order valence-electron chi connectivity index (χ4n) is 8.01. The van der Waals surface area contributed by atoms with Gasteiger partial charge in [0.05, 0.1) is 16.8 Å². The summed E-state index contributed by atoms with van der Waals surface area (Å²) in [6.45, 7) is 14.3. The van der Waals surface area contributed by atoms with Crippen LogP contribution in [0.25, 0.3) is 0 Å². The summed E-state index contributed by atoms with van der Waals surface area (Å²) in [5.74, 6) is 2.22. The van der Waals surface area contributed by atoms with E-state index >= 15 is 0 Å². The largest absolute Gasteiger partial charge is 0.494 e. The van der Waals surface area contributed by atoms with Crippen LogP contribution in [-0.2, 0) is 0 Å². The number of aromatic amines is 1. The molecule has 2 N–H and O–H groups in total. The summed E-state index contributed by atoms with van der Waals surface area (Å²) in [7, 11) is 0. The van der Waals surface area contributed by atoms with E-state index in [-0.39, 0.29) is 17.7 Å². The number of amides is 1. The van der Waals surface area contributed by atoms with Crippen molar-refractivity contribution in [2.45, 2.75) is 137 Å². The van der Waals surface area contributed by atoms with E-state index in [0.717, 1.165) is 54.5 Å². The number of aromatic hydroxyl groups is 1. The molecule has 0 atom stereocenters. The number of nitrogens with zero attached hydrogens (tertiary/aromatic N) is 1. The highest BCUT2D eigenvalue weighted by molar-refractivity contribution is 6.24. The average Bonchev–Trinajstić information content (AvgIpc) is 3.41. The van der Waals surface area contributed by atoms with Crippen molar-refractivity contribution >= 4 is 11.6 Å². The number of carbonyl (C=O) groups excluding carboxylic acids is 1. The second-order valence-corrected chi connectivity index (χ2v) is 13.0. The number of H-pyrrole nitrogens is 1. The summed E-state index contributed by atoms with van der Waals surface area (Å²) in [5, 5.41) is 11.0. The third kappa shape index (κ3) is 4.95. The minimum atomic E-state index is -0.120. The van der Waals surface area contributed by atoms with Crippen LogP contribution < -0.4 is 0 Å². The molecule has 1 aliphatic heterocycles. The molecule has 2 aliphatic carbocycles. The number of aliphatic imine (C=N–C) groups is 1. The first kappa shape index (κ1) is 27.5. The van der Waals surface area contributed by atoms with E-state index < -0.39 is 0 Å². The smallest absolute Gasteiger partial charge is 0.279 e. The lowest BCUT2D eigenvalue weighted by Crippen LogP contribution is -2.32. The Bertz CT molecular complexity index is 932. The minimum absolute atomic E-state index is 0.120. The number of aromatic nitrogens is 1. The molecule has 0 spiro atoms. The van der Waals surface area contributed by atoms with Crippen LogP contribution >= 0.6 is 0 Å². The highest BCUT2D eigenvalue weighted by atomic mass is 16.3. The van der Waals surface area contributed by atoms with Gasteiger partial charge in [-0.15, -0.1) is 0 Å². The maximum Gasteiger partial charge on any atom is 0.279 e. The molecule has 0 radical (unpaired) electrons. The molecule has 0 aromatic carbocycles. The van der Waals surface area contributed by atoms with Gasteiger partial charge in [-0.2, -0.15) is 0 Å². The van der Waals surface area contributed by atoms with Crippen LogP contribution in [0.2, 0.25) is 0 Å². The molecule has 2 fully saturated rings. The number of hydrogen-bond donors (Lipinski definition) is 2. The van der Waals surface area contributed by atoms with Gasteiger partial charge in [0, 0.05) is 11.6 Å². The Labute approximate surface area is 220 Å². The molecule has 4 nitrogen and oxygen atoms in total. The lowest BCUT2D eigenvalue weighted by molar-refractivity contribution is 0.100. The minimum Gasteiger partial charge on any atom is -0.494 e. The molecule has 202 valence electrons. The Morgan fingerprint density at radius 1 is 0.750 bits per heavy atom. The molecule has 1 aromatic rings. The highest BCUT2D eigenvalue weighted by Gasteiger charge is 2.41. The van der Waals surface area contributed by atoms with E-state index in [4.69, 9.17) is 0 Å². The third-order valence-corrected chi connectivity index (χ3v) is 11.6. The first-order chi connectivity index (χ1) is 17.2. The van der Waals surface area contributed by atoms with E-state index in [1.165, 1.54) is 64.2 Å². The van der Waals surface area contributed by atoms with Gasteiger partial charge in [-0.1, -0.05) is 80.1 Å². The molecular weight excluding hydrogens is 444 g/mol. The molecule has 4 rings (SSSR count). The van der Waals surface area contributed by atoms with Gasteiger partial charge in [-0.25, -0.2) is 4.99 Å². The van der Waals surface area contributed by atoms with Crippen molar-refractivity contribution < 1.29 is 9.90 Å². The Hall–Kier alpha value is -1.58. The van der Waals surface area contributed by atoms with Gasteiger partial charge in [-0.3, -0.25) is 4.79 Å². The van der Waals surface area contributed by atoms with E-state index in [1.807, 2.05) is 0 Å². The number of rotatable bonds is 8. The fourth-order valence-corrected chi connectivity index (χ4v) is 8.01. The molecule has 0 bridgehead atoms. The topological polar surface area (TPSA) is 65.4 Å². The number of carbonyl (C=O) groups is 1. The molecule has 1 amide bonds. The van der Waals surface area contributed by atoms with E-state index in [0.29, 0.717) is 22.3 Å². The Kier molecular flexibility index (Phi) is 8.42. The monoisotopic (exact) mass is 496 g/mol. The zero-order chi connectivity index (χ0) is 26.1. The van der Waals surface area contributed by atoms with Crippen molar-refractivity contribution in [3.05, 3.63) is 16.8 Å². The van der Waals surface area contributed by atoms with Gasteiger partial charge >= 0.3 is 0 Å². The number of nitrogens with one attached hydrogen (secondary N) is 1. The van der Waals surface area contributed by atoms with Crippen molar-refractivity contribution in [3.8, 4) is 5.88 Å². The maximum atomic E-state index is 13.2. The molecule has 2 saturated carbocycles. The molecule has 0 saturated heterocycles. The predicted molar refractivity (Wildman–Crippen MR) is 150 cm³/mol. The predicted octanol–water partition coefficient (Wildman–Crippen LogP) is 9.18. The van der Waals surface area contributed by atoms with Crippen LogP contribution in [-0.4, -0.2) is 21.7 Å². The first-order valence-corrected chi connectivity index (χ1v) is 15.3. The highest BCUT2D eigenvalue weighted by Crippen LogP contribution is 2.48. The molecule has 0 unspecified atom stereocenters. The molecule has 4 heteroatoms. The maximum absolute atomic E-state index is 13.2. The summed E-state index contributed by atoms with van der Waals surface area (Å²) in [6.07, 6.45) is 16.6. The summed E-state index contributed by atoms with van der Waals surface area (Å²) < 4.78 is 0. The SMILES string of the molecule is CCC(C)(CC)C1CCCC(c2[nH]c(O)c3c2C(=O)N=C3C2CCC(C(C)(CC)CC)CC2)CCC1. The zero-order valence-corrected chi connectivity index (χ0v) is 24.0. The van der Waals surface area contributed by atoms with Crippen molar-refractivity contribution in [3.63, 3.8) is 0 Å². The van der Waals surface area contributed by atoms with Crippen molar-refractivity contribution in [2.24, 2.45) is 33.6 Å². The Morgan fingerprint density at radius 3 is 1.75 bits per heavy atom. The van der Waals surface area contributed by atoms with Gasteiger partial charge in [0.15, 0.2) is 5.88 Å². The molecule has 1 aromatic heterocycles. The van der Waals surface area contributed by atoms with Gasteiger partial charge in [0.25, 0.3) is 5.91 Å². The van der Waals surface area contributed by atoms with E-state index in [9.17, 15) is 9.90 Å². The van der Waals surface area contributed by atoms with Gasteiger partial charge < -0.3 is 10.1 Å². The second kappa shape index (κ2) is 11.0. The summed E-state index contributed by atoms with van der Waals surface area (Å²) in [6, 6.07) is 0. The van der Waals surface area contributed by atoms with Gasteiger partial charge in [-0.05, 0) is 80.0 Å². The lowest BCUT2D eigenvalue weighted by atomic mass is 9.64. The Morgan fingerprint density at radius 2 is 1.25 bits per heavy atom. The fraction of sp³-hybridized carbons (Fsp3) is 0.812. The lowest BCUT2D eigenvalue weighted by Gasteiger charge is -2.41. The van der Waals surface area contributed by atoms with Crippen molar-refractivity contribution in [1.29, 1.82) is 0 Å². The van der Waals surface area contributed by atoms with Crippen LogP contribution in [0.15, 0.2) is 4.99 Å². The summed E-state index contributed by atoms with van der Waals surface area (Å²) >= 11 is 0. The molecular formula is C32H52N2O2. The van der Waals surface area contributed by atoms with Crippen molar-refractivity contribution in [2.75, 3.05) is 0 Å². The normalized spacial score (nSPS) is 27.9. The number of hydrogen-bond acceptors (Lipinski definition) is 2. The van der Waals surface area contributed by atoms with Gasteiger partial charge in [0.2, 0.25) is 0 Å². The summed E-state index contributed by atoms with van der Waals surface area (Å²) in [5.41, 5.74) is 4.15. The van der Waals surface area contributed by atoms with E-state index in [2.05, 4.69) is 51.5 Å². The Balaban J connectivity index is 1.47. The molecule has 2 heterocycles. The van der Waals surface area contributed by atoms with Crippen LogP contribution in [0.1, 0.15) is 159 Å².